The van der Waals surface area contributed by atoms with E-state index in [1.165, 1.54) is 11.3 Å². The van der Waals surface area contributed by atoms with E-state index in [9.17, 15) is 0 Å². The quantitative estimate of drug-likeness (QED) is 0.780. The molecule has 18 heavy (non-hydrogen) atoms. The number of hydrogen-bond acceptors (Lipinski definition) is 4. The summed E-state index contributed by atoms with van der Waals surface area (Å²) in [7, 11) is 2.15. The lowest BCUT2D eigenvalue weighted by Crippen LogP contribution is -2.31. The van der Waals surface area contributed by atoms with Crippen LogP contribution in [0, 0.1) is 5.92 Å². The van der Waals surface area contributed by atoms with Crippen LogP contribution < -0.4 is 5.32 Å². The predicted octanol–water partition coefficient (Wildman–Crippen LogP) is 2.46. The summed E-state index contributed by atoms with van der Waals surface area (Å²) in [4.78, 5) is 3.65. The fourth-order valence-corrected chi connectivity index (χ4v) is 3.27. The van der Waals surface area contributed by atoms with Crippen LogP contribution in [0.3, 0.4) is 0 Å². The lowest BCUT2D eigenvalue weighted by Gasteiger charge is -2.16. The van der Waals surface area contributed by atoms with Gasteiger partial charge in [0.25, 0.3) is 0 Å². The second-order valence-corrected chi connectivity index (χ2v) is 6.68. The van der Waals surface area contributed by atoms with Gasteiger partial charge in [0.15, 0.2) is 0 Å². The first kappa shape index (κ1) is 14.3. The third-order valence-electron chi connectivity index (χ3n) is 3.18. The monoisotopic (exact) mass is 288 g/mol. The van der Waals surface area contributed by atoms with Crippen molar-refractivity contribution in [2.75, 3.05) is 39.9 Å². The largest absolute Gasteiger partial charge is 0.381 e. The molecule has 1 aromatic heterocycles. The van der Waals surface area contributed by atoms with Gasteiger partial charge in [-0.25, -0.2) is 0 Å². The fourth-order valence-electron chi connectivity index (χ4n) is 2.10. The molecule has 1 aliphatic rings. The number of likely N-dealkylation sites (N-methyl/N-ethyl adjacent to an activating group) is 1. The first-order chi connectivity index (χ1) is 8.74. The zero-order valence-electron chi connectivity index (χ0n) is 10.8. The molecular weight excluding hydrogens is 268 g/mol. The molecule has 1 aromatic rings. The molecule has 1 unspecified atom stereocenters. The second-order valence-electron chi connectivity index (χ2n) is 4.88. The molecule has 3 nitrogen and oxygen atoms in total. The number of halogens is 1. The van der Waals surface area contributed by atoms with Crippen LogP contribution >= 0.6 is 22.9 Å². The summed E-state index contributed by atoms with van der Waals surface area (Å²) in [6.07, 6.45) is 1.20. The van der Waals surface area contributed by atoms with E-state index in [0.717, 1.165) is 43.7 Å². The van der Waals surface area contributed by atoms with Crippen molar-refractivity contribution < 1.29 is 4.74 Å². The van der Waals surface area contributed by atoms with Crippen molar-refractivity contribution in [1.29, 1.82) is 0 Å². The van der Waals surface area contributed by atoms with Crippen LogP contribution in [0.5, 0.6) is 0 Å². The van der Waals surface area contributed by atoms with Gasteiger partial charge in [-0.1, -0.05) is 11.6 Å². The van der Waals surface area contributed by atoms with Gasteiger partial charge in [0.2, 0.25) is 0 Å². The molecule has 1 saturated heterocycles. The van der Waals surface area contributed by atoms with Gasteiger partial charge in [0.05, 0.1) is 10.9 Å². The number of rotatable bonds is 7. The summed E-state index contributed by atoms with van der Waals surface area (Å²) in [6, 6.07) is 4.07. The molecule has 0 saturated carbocycles. The molecule has 0 bridgehead atoms. The maximum atomic E-state index is 5.92. The highest BCUT2D eigenvalue weighted by Gasteiger charge is 2.14. The van der Waals surface area contributed by atoms with Gasteiger partial charge < -0.3 is 15.0 Å². The highest BCUT2D eigenvalue weighted by atomic mass is 35.5. The van der Waals surface area contributed by atoms with E-state index in [1.54, 1.807) is 11.3 Å². The van der Waals surface area contributed by atoms with Crippen molar-refractivity contribution in [3.63, 3.8) is 0 Å². The van der Waals surface area contributed by atoms with Gasteiger partial charge in [0, 0.05) is 37.7 Å². The second kappa shape index (κ2) is 7.46. The SMILES string of the molecule is CN(CCNCC1CCOC1)Cc1ccc(Cl)s1. The number of nitrogens with one attached hydrogen (secondary N) is 1. The smallest absolute Gasteiger partial charge is 0.0931 e. The third kappa shape index (κ3) is 4.86. The van der Waals surface area contributed by atoms with Crippen molar-refractivity contribution in [2.24, 2.45) is 5.92 Å². The molecular formula is C13H21ClN2OS. The summed E-state index contributed by atoms with van der Waals surface area (Å²) in [5.74, 6) is 0.714. The van der Waals surface area contributed by atoms with E-state index in [4.69, 9.17) is 16.3 Å². The lowest BCUT2D eigenvalue weighted by molar-refractivity contribution is 0.185. The first-order valence-corrected chi connectivity index (χ1v) is 7.64. The standard InChI is InChI=1S/C13H21ClN2OS/c1-16(9-12-2-3-13(14)18-12)6-5-15-8-11-4-7-17-10-11/h2-3,11,15H,4-10H2,1H3. The Morgan fingerprint density at radius 1 is 1.56 bits per heavy atom. The Balaban J connectivity index is 1.55. The van der Waals surface area contributed by atoms with Crippen LogP contribution in [0.4, 0.5) is 0 Å². The van der Waals surface area contributed by atoms with E-state index in [0.29, 0.717) is 5.92 Å². The maximum absolute atomic E-state index is 5.92. The number of thiophene rings is 1. The van der Waals surface area contributed by atoms with E-state index >= 15 is 0 Å². The normalized spacial score (nSPS) is 19.8. The molecule has 102 valence electrons. The van der Waals surface area contributed by atoms with Gasteiger partial charge >= 0.3 is 0 Å². The van der Waals surface area contributed by atoms with Crippen molar-refractivity contribution in [2.45, 2.75) is 13.0 Å². The van der Waals surface area contributed by atoms with Gasteiger partial charge in [0.1, 0.15) is 0 Å². The lowest BCUT2D eigenvalue weighted by atomic mass is 10.1. The van der Waals surface area contributed by atoms with Crippen molar-refractivity contribution in [1.82, 2.24) is 10.2 Å². The summed E-state index contributed by atoms with van der Waals surface area (Å²) in [6.45, 7) is 6.02. The summed E-state index contributed by atoms with van der Waals surface area (Å²) in [5, 5.41) is 3.50. The Morgan fingerprint density at radius 3 is 3.11 bits per heavy atom. The molecule has 0 aromatic carbocycles. The molecule has 2 rings (SSSR count). The van der Waals surface area contributed by atoms with E-state index < -0.39 is 0 Å². The Hall–Kier alpha value is -0.130. The Labute approximate surface area is 118 Å². The molecule has 0 aliphatic carbocycles. The van der Waals surface area contributed by atoms with Crippen molar-refractivity contribution in [3.05, 3.63) is 21.3 Å². The number of ether oxygens (including phenoxy) is 1. The minimum atomic E-state index is 0.714. The van der Waals surface area contributed by atoms with Crippen molar-refractivity contribution in [3.8, 4) is 0 Å². The highest BCUT2D eigenvalue weighted by Crippen LogP contribution is 2.22. The minimum absolute atomic E-state index is 0.714. The van der Waals surface area contributed by atoms with Crippen LogP contribution in [0.2, 0.25) is 4.34 Å². The fraction of sp³-hybridized carbons (Fsp3) is 0.692. The summed E-state index contributed by atoms with van der Waals surface area (Å²) >= 11 is 7.58. The van der Waals surface area contributed by atoms with Crippen LogP contribution in [-0.2, 0) is 11.3 Å². The van der Waals surface area contributed by atoms with Crippen LogP contribution in [0.15, 0.2) is 12.1 Å². The minimum Gasteiger partial charge on any atom is -0.381 e. The third-order valence-corrected chi connectivity index (χ3v) is 4.40. The van der Waals surface area contributed by atoms with Crippen LogP contribution in [0.25, 0.3) is 0 Å². The Bertz CT molecular complexity index is 353. The van der Waals surface area contributed by atoms with Crippen LogP contribution in [0.1, 0.15) is 11.3 Å². The molecule has 5 heteroatoms. The van der Waals surface area contributed by atoms with Gasteiger partial charge in [-0.05, 0) is 31.5 Å². The zero-order chi connectivity index (χ0) is 12.8. The van der Waals surface area contributed by atoms with Crippen LogP contribution in [-0.4, -0.2) is 44.8 Å². The molecule has 1 aliphatic heterocycles. The summed E-state index contributed by atoms with van der Waals surface area (Å²) in [5.41, 5.74) is 0. The molecule has 1 N–H and O–H groups in total. The summed E-state index contributed by atoms with van der Waals surface area (Å²) < 4.78 is 6.23. The Morgan fingerprint density at radius 2 is 2.44 bits per heavy atom. The van der Waals surface area contributed by atoms with Gasteiger partial charge in [-0.2, -0.15) is 0 Å². The molecule has 0 spiro atoms. The maximum Gasteiger partial charge on any atom is 0.0931 e. The number of nitrogens with zero attached hydrogens (tertiary/aromatic N) is 1. The van der Waals surface area contributed by atoms with E-state index in [-0.39, 0.29) is 0 Å². The zero-order valence-corrected chi connectivity index (χ0v) is 12.4. The average Bonchev–Trinajstić information content (AvgIpc) is 2.96. The number of hydrogen-bond donors (Lipinski definition) is 1. The van der Waals surface area contributed by atoms with Gasteiger partial charge in [-0.3, -0.25) is 0 Å². The molecule has 1 atom stereocenters. The first-order valence-electron chi connectivity index (χ1n) is 6.45. The van der Waals surface area contributed by atoms with Gasteiger partial charge in [-0.15, -0.1) is 11.3 Å². The Kier molecular flexibility index (Phi) is 5.92. The predicted molar refractivity (Wildman–Crippen MR) is 77.5 cm³/mol. The molecule has 0 radical (unpaired) electrons. The average molecular weight is 289 g/mol. The van der Waals surface area contributed by atoms with E-state index in [1.807, 2.05) is 6.07 Å². The molecule has 0 amide bonds. The molecule has 1 fully saturated rings. The molecule has 2 heterocycles. The van der Waals surface area contributed by atoms with Crippen molar-refractivity contribution >= 4 is 22.9 Å². The highest BCUT2D eigenvalue weighted by molar-refractivity contribution is 7.16. The van der Waals surface area contributed by atoms with E-state index in [2.05, 4.69) is 23.3 Å². The topological polar surface area (TPSA) is 24.5 Å².